The van der Waals surface area contributed by atoms with E-state index < -0.39 is 5.97 Å². The van der Waals surface area contributed by atoms with Crippen molar-refractivity contribution in [1.82, 2.24) is 10.3 Å². The molecule has 0 aliphatic rings. The van der Waals surface area contributed by atoms with E-state index in [1.807, 2.05) is 0 Å². The van der Waals surface area contributed by atoms with Crippen molar-refractivity contribution in [3.63, 3.8) is 0 Å². The van der Waals surface area contributed by atoms with Gasteiger partial charge < -0.3 is 20.0 Å². The first kappa shape index (κ1) is 21.2. The van der Waals surface area contributed by atoms with Gasteiger partial charge in [-0.05, 0) is 31.9 Å². The van der Waals surface area contributed by atoms with Crippen LogP contribution in [0.4, 0.5) is 0 Å². The number of ether oxygens (including phenoxy) is 1. The van der Waals surface area contributed by atoms with Crippen LogP contribution >= 0.6 is 0 Å². The van der Waals surface area contributed by atoms with E-state index in [2.05, 4.69) is 16.9 Å². The van der Waals surface area contributed by atoms with Crippen molar-refractivity contribution >= 4 is 22.8 Å². The zero-order valence-electron chi connectivity index (χ0n) is 14.5. The predicted molar refractivity (Wildman–Crippen MR) is 88.7 cm³/mol. The Morgan fingerprint density at radius 2 is 2.04 bits per heavy atom. The first-order valence-corrected chi connectivity index (χ1v) is 7.68. The molecule has 1 N–H and O–H groups in total. The zero-order valence-corrected chi connectivity index (χ0v) is 16.5. The Morgan fingerprint density at radius 1 is 1.32 bits per heavy atom. The summed E-state index contributed by atoms with van der Waals surface area (Å²) in [6.07, 6.45) is 2.59. The zero-order chi connectivity index (χ0) is 17.5. The van der Waals surface area contributed by atoms with Crippen LogP contribution in [-0.4, -0.2) is 30.0 Å². The fourth-order valence-electron chi connectivity index (χ4n) is 2.38. The molecule has 0 aliphatic carbocycles. The van der Waals surface area contributed by atoms with E-state index in [1.54, 1.807) is 31.2 Å². The third-order valence-electron chi connectivity index (χ3n) is 3.52. The third-order valence-corrected chi connectivity index (χ3v) is 3.52. The fourth-order valence-corrected chi connectivity index (χ4v) is 2.38. The van der Waals surface area contributed by atoms with Crippen LogP contribution in [-0.2, 0) is 4.79 Å². The molecule has 0 aliphatic heterocycles. The Hall–Kier alpha value is -1.89. The van der Waals surface area contributed by atoms with Crippen LogP contribution in [0.25, 0.3) is 10.9 Å². The van der Waals surface area contributed by atoms with Crippen LogP contribution in [0.3, 0.4) is 0 Å². The molecule has 1 heterocycles. The normalized spacial score (nSPS) is 9.96. The van der Waals surface area contributed by atoms with Gasteiger partial charge in [0.1, 0.15) is 5.75 Å². The first-order valence-electron chi connectivity index (χ1n) is 7.68. The quantitative estimate of drug-likeness (QED) is 0.351. The summed E-state index contributed by atoms with van der Waals surface area (Å²) in [5.41, 5.74) is 1.12. The number of carboxylic acids is 1. The number of carboxylic acid groups (broad SMARTS) is 1. The summed E-state index contributed by atoms with van der Waals surface area (Å²) in [5.74, 6) is -1.27. The van der Waals surface area contributed by atoms with Crippen molar-refractivity contribution in [3.8, 4) is 5.75 Å². The SMILES string of the molecule is C=CC(=O)NCCCCOc1c(C)nc2ccccc2c1C(=O)[O-].[Na+]. The van der Waals surface area contributed by atoms with E-state index in [1.165, 1.54) is 6.08 Å². The van der Waals surface area contributed by atoms with Gasteiger partial charge in [0, 0.05) is 11.9 Å². The topological polar surface area (TPSA) is 91.3 Å². The molecule has 0 bridgehead atoms. The number of amides is 1. The van der Waals surface area contributed by atoms with E-state index in [4.69, 9.17) is 4.74 Å². The standard InChI is InChI=1S/C18H20N2O4.Na/c1-3-15(21)19-10-6-7-11-24-17-12(2)20-14-9-5-4-8-13(14)16(17)18(22)23;/h3-5,8-9H,1,6-7,10-11H2,2H3,(H,19,21)(H,22,23);/q;+1/p-1. The number of fused-ring (bicyclic) bond motifs is 1. The second-order valence-electron chi connectivity index (χ2n) is 5.26. The number of para-hydroxylation sites is 1. The van der Waals surface area contributed by atoms with Gasteiger partial charge in [0.15, 0.2) is 0 Å². The van der Waals surface area contributed by atoms with Crippen LogP contribution in [0.2, 0.25) is 0 Å². The van der Waals surface area contributed by atoms with Crippen molar-refractivity contribution in [2.24, 2.45) is 0 Å². The van der Waals surface area contributed by atoms with Gasteiger partial charge in [-0.1, -0.05) is 24.8 Å². The molecule has 1 amide bonds. The predicted octanol–water partition coefficient (Wildman–Crippen LogP) is -1.63. The van der Waals surface area contributed by atoms with Crippen LogP contribution in [0.1, 0.15) is 28.9 Å². The smallest absolute Gasteiger partial charge is 0.545 e. The number of nitrogens with one attached hydrogen (secondary N) is 1. The molecule has 1 aromatic heterocycles. The van der Waals surface area contributed by atoms with Gasteiger partial charge in [-0.2, -0.15) is 0 Å². The van der Waals surface area contributed by atoms with E-state index in [9.17, 15) is 14.7 Å². The number of rotatable bonds is 8. The summed E-state index contributed by atoms with van der Waals surface area (Å²) < 4.78 is 5.65. The molecule has 0 atom stereocenters. The molecule has 0 saturated heterocycles. The molecule has 7 heteroatoms. The van der Waals surface area contributed by atoms with Crippen LogP contribution in [0.15, 0.2) is 36.9 Å². The van der Waals surface area contributed by atoms with E-state index in [-0.39, 0.29) is 46.8 Å². The van der Waals surface area contributed by atoms with Crippen molar-refractivity contribution in [2.75, 3.05) is 13.2 Å². The Morgan fingerprint density at radius 3 is 2.72 bits per heavy atom. The number of pyridine rings is 1. The van der Waals surface area contributed by atoms with Gasteiger partial charge in [-0.3, -0.25) is 4.79 Å². The molecule has 2 aromatic rings. The second-order valence-corrected chi connectivity index (χ2v) is 5.26. The van der Waals surface area contributed by atoms with Crippen molar-refractivity contribution in [1.29, 1.82) is 0 Å². The van der Waals surface area contributed by atoms with Crippen LogP contribution in [0, 0.1) is 6.92 Å². The Balaban J connectivity index is 0.00000312. The van der Waals surface area contributed by atoms with Crippen molar-refractivity contribution < 1.29 is 49.0 Å². The average molecular weight is 350 g/mol. The second kappa shape index (κ2) is 10.2. The molecule has 0 unspecified atom stereocenters. The molecular formula is C18H19N2NaO4. The Labute approximate surface area is 168 Å². The summed E-state index contributed by atoms with van der Waals surface area (Å²) in [6.45, 7) is 5.91. The third kappa shape index (κ3) is 5.56. The van der Waals surface area contributed by atoms with E-state index >= 15 is 0 Å². The number of aromatic nitrogens is 1. The minimum Gasteiger partial charge on any atom is -0.545 e. The van der Waals surface area contributed by atoms with E-state index in [0.29, 0.717) is 42.6 Å². The maximum atomic E-state index is 11.6. The minimum absolute atomic E-state index is 0. The molecule has 1 aromatic carbocycles. The molecule has 0 spiro atoms. The maximum absolute atomic E-state index is 11.6. The molecule has 6 nitrogen and oxygen atoms in total. The largest absolute Gasteiger partial charge is 1.00 e. The van der Waals surface area contributed by atoms with Crippen molar-refractivity contribution in [3.05, 3.63) is 48.2 Å². The summed E-state index contributed by atoms with van der Waals surface area (Å²) >= 11 is 0. The molecule has 126 valence electrons. The molecule has 0 saturated carbocycles. The Bertz CT molecular complexity index is 777. The van der Waals surface area contributed by atoms with Crippen LogP contribution < -0.4 is 44.7 Å². The summed E-state index contributed by atoms with van der Waals surface area (Å²) in [4.78, 5) is 27.0. The summed E-state index contributed by atoms with van der Waals surface area (Å²) in [5, 5.41) is 14.7. The van der Waals surface area contributed by atoms with Crippen LogP contribution in [0.5, 0.6) is 5.75 Å². The van der Waals surface area contributed by atoms with Gasteiger partial charge in [0.25, 0.3) is 0 Å². The number of nitrogens with zero attached hydrogens (tertiary/aromatic N) is 1. The molecule has 2 rings (SSSR count). The number of hydrogen-bond donors (Lipinski definition) is 1. The summed E-state index contributed by atoms with van der Waals surface area (Å²) in [6, 6.07) is 6.98. The number of carbonyl (C=O) groups excluding carboxylic acids is 2. The van der Waals surface area contributed by atoms with Gasteiger partial charge in [0.2, 0.25) is 5.91 Å². The molecule has 0 fully saturated rings. The molecule has 0 radical (unpaired) electrons. The molecule has 25 heavy (non-hydrogen) atoms. The average Bonchev–Trinajstić information content (AvgIpc) is 2.57. The van der Waals surface area contributed by atoms with Gasteiger partial charge >= 0.3 is 29.6 Å². The van der Waals surface area contributed by atoms with Gasteiger partial charge in [0.05, 0.1) is 29.4 Å². The van der Waals surface area contributed by atoms with Crippen molar-refractivity contribution in [2.45, 2.75) is 19.8 Å². The number of aromatic carboxylic acids is 1. The van der Waals surface area contributed by atoms with Gasteiger partial charge in [-0.15, -0.1) is 0 Å². The number of aryl methyl sites for hydroxylation is 1. The number of benzene rings is 1. The molecular weight excluding hydrogens is 331 g/mol. The van der Waals surface area contributed by atoms with Gasteiger partial charge in [-0.25, -0.2) is 4.98 Å². The fraction of sp³-hybridized carbons (Fsp3) is 0.278. The number of carbonyl (C=O) groups is 2. The van der Waals surface area contributed by atoms with E-state index in [0.717, 1.165) is 0 Å². The Kier molecular flexibility index (Phi) is 8.61. The number of hydrogen-bond acceptors (Lipinski definition) is 5. The first-order chi connectivity index (χ1) is 11.5. The number of unbranched alkanes of at least 4 members (excludes halogenated alkanes) is 1. The summed E-state index contributed by atoms with van der Waals surface area (Å²) in [7, 11) is 0. The minimum atomic E-state index is -1.29. The monoisotopic (exact) mass is 350 g/mol. The maximum Gasteiger partial charge on any atom is 1.00 e.